The summed E-state index contributed by atoms with van der Waals surface area (Å²) in [7, 11) is 0. The molecule has 0 bridgehead atoms. The molecule has 2 rings (SSSR count). The summed E-state index contributed by atoms with van der Waals surface area (Å²) >= 11 is 0. The van der Waals surface area contributed by atoms with Crippen LogP contribution in [0.15, 0.2) is 0 Å². The molecule has 0 aliphatic carbocycles. The van der Waals surface area contributed by atoms with Crippen molar-refractivity contribution in [1.82, 2.24) is 9.80 Å². The summed E-state index contributed by atoms with van der Waals surface area (Å²) in [5.74, 6) is -0.733. The lowest BCUT2D eigenvalue weighted by Crippen LogP contribution is -2.50. The molecule has 0 aromatic heterocycles. The smallest absolute Gasteiger partial charge is 0.320 e. The first-order valence-corrected chi connectivity index (χ1v) is 7.35. The summed E-state index contributed by atoms with van der Waals surface area (Å²) in [6.45, 7) is 5.69. The lowest BCUT2D eigenvalue weighted by atomic mass is 9.84. The lowest BCUT2D eigenvalue weighted by Gasteiger charge is -2.36. The number of carboxylic acids is 1. The Morgan fingerprint density at radius 3 is 2.50 bits per heavy atom. The average molecular weight is 284 g/mol. The number of urea groups is 1. The van der Waals surface area contributed by atoms with E-state index in [0.717, 1.165) is 0 Å². The number of hydrogen-bond donors (Lipinski definition) is 2. The largest absolute Gasteiger partial charge is 0.481 e. The van der Waals surface area contributed by atoms with Crippen LogP contribution in [-0.4, -0.2) is 64.3 Å². The second-order valence-electron chi connectivity index (χ2n) is 6.17. The Bertz CT molecular complexity index is 401. The Morgan fingerprint density at radius 1 is 1.30 bits per heavy atom. The van der Waals surface area contributed by atoms with E-state index in [-0.39, 0.29) is 18.1 Å². The number of likely N-dealkylation sites (tertiary alicyclic amines) is 2. The van der Waals surface area contributed by atoms with E-state index in [9.17, 15) is 19.8 Å². The quantitative estimate of drug-likeness (QED) is 0.792. The summed E-state index contributed by atoms with van der Waals surface area (Å²) < 4.78 is 0. The summed E-state index contributed by atoms with van der Waals surface area (Å²) in [6.07, 6.45) is 1.32. The molecular formula is C14H24N2O4. The highest BCUT2D eigenvalue weighted by Crippen LogP contribution is 2.35. The van der Waals surface area contributed by atoms with E-state index in [4.69, 9.17) is 0 Å². The average Bonchev–Trinajstić information content (AvgIpc) is 2.87. The van der Waals surface area contributed by atoms with E-state index >= 15 is 0 Å². The van der Waals surface area contributed by atoms with Gasteiger partial charge in [-0.2, -0.15) is 0 Å². The molecule has 6 heteroatoms. The van der Waals surface area contributed by atoms with Gasteiger partial charge in [0.05, 0.1) is 11.5 Å². The Kier molecular flexibility index (Phi) is 4.22. The van der Waals surface area contributed by atoms with Crippen LogP contribution in [0.5, 0.6) is 0 Å². The standard InChI is InChI=1S/C14H24N2O4/c1-3-14(12(18)19)5-7-16(9-14)13(20)15-6-4-11(17)10(2)8-15/h10-11,17H,3-9H2,1-2H3,(H,18,19). The zero-order chi connectivity index (χ0) is 14.9. The van der Waals surface area contributed by atoms with Crippen molar-refractivity contribution in [2.45, 2.75) is 39.2 Å². The van der Waals surface area contributed by atoms with Crippen molar-refractivity contribution >= 4 is 12.0 Å². The maximum Gasteiger partial charge on any atom is 0.320 e. The van der Waals surface area contributed by atoms with E-state index in [2.05, 4.69) is 0 Å². The third-order valence-electron chi connectivity index (χ3n) is 4.89. The number of aliphatic carboxylic acids is 1. The van der Waals surface area contributed by atoms with Gasteiger partial charge in [-0.1, -0.05) is 13.8 Å². The Hall–Kier alpha value is -1.30. The van der Waals surface area contributed by atoms with Crippen molar-refractivity contribution in [3.05, 3.63) is 0 Å². The SMILES string of the molecule is CCC1(C(=O)O)CCN(C(=O)N2CCC(O)C(C)C2)C1. The number of carboxylic acid groups (broad SMARTS) is 1. The van der Waals surface area contributed by atoms with Crippen molar-refractivity contribution in [3.63, 3.8) is 0 Å². The lowest BCUT2D eigenvalue weighted by molar-refractivity contribution is -0.148. The summed E-state index contributed by atoms with van der Waals surface area (Å²) in [4.78, 5) is 27.3. The van der Waals surface area contributed by atoms with Crippen molar-refractivity contribution in [1.29, 1.82) is 0 Å². The minimum absolute atomic E-state index is 0.0747. The van der Waals surface area contributed by atoms with Crippen LogP contribution < -0.4 is 0 Å². The highest BCUT2D eigenvalue weighted by Gasteiger charge is 2.45. The zero-order valence-electron chi connectivity index (χ0n) is 12.2. The van der Waals surface area contributed by atoms with Crippen LogP contribution in [0.4, 0.5) is 4.79 Å². The molecule has 0 spiro atoms. The molecule has 3 unspecified atom stereocenters. The van der Waals surface area contributed by atoms with Gasteiger partial charge in [0.25, 0.3) is 0 Å². The molecule has 2 aliphatic rings. The second kappa shape index (κ2) is 5.60. The molecule has 2 aliphatic heterocycles. The van der Waals surface area contributed by atoms with E-state index < -0.39 is 11.4 Å². The molecule has 0 aromatic carbocycles. The number of aliphatic hydroxyl groups is 1. The topological polar surface area (TPSA) is 81.1 Å². The van der Waals surface area contributed by atoms with Gasteiger partial charge < -0.3 is 20.0 Å². The number of carbonyl (C=O) groups is 2. The predicted octanol–water partition coefficient (Wildman–Crippen LogP) is 0.996. The van der Waals surface area contributed by atoms with Gasteiger partial charge in [0.15, 0.2) is 0 Å². The van der Waals surface area contributed by atoms with Gasteiger partial charge >= 0.3 is 12.0 Å². The molecule has 2 N–H and O–H groups in total. The maximum absolute atomic E-state index is 12.5. The van der Waals surface area contributed by atoms with Gasteiger partial charge in [-0.3, -0.25) is 4.79 Å². The highest BCUT2D eigenvalue weighted by atomic mass is 16.4. The van der Waals surface area contributed by atoms with Crippen LogP contribution in [0.2, 0.25) is 0 Å². The van der Waals surface area contributed by atoms with Crippen LogP contribution in [-0.2, 0) is 4.79 Å². The van der Waals surface area contributed by atoms with E-state index in [1.54, 1.807) is 9.80 Å². The number of amides is 2. The molecule has 6 nitrogen and oxygen atoms in total. The molecule has 114 valence electrons. The Labute approximate surface area is 119 Å². The van der Waals surface area contributed by atoms with Crippen molar-refractivity contribution < 1.29 is 19.8 Å². The summed E-state index contributed by atoms with van der Waals surface area (Å²) in [6, 6.07) is -0.0830. The maximum atomic E-state index is 12.5. The predicted molar refractivity (Wildman–Crippen MR) is 73.3 cm³/mol. The van der Waals surface area contributed by atoms with Crippen LogP contribution in [0.3, 0.4) is 0 Å². The highest BCUT2D eigenvalue weighted by molar-refractivity contribution is 5.79. The first-order chi connectivity index (χ1) is 9.39. The number of rotatable bonds is 2. The number of aliphatic hydroxyl groups excluding tert-OH is 1. The number of nitrogens with zero attached hydrogens (tertiary/aromatic N) is 2. The molecule has 20 heavy (non-hydrogen) atoms. The van der Waals surface area contributed by atoms with Gasteiger partial charge in [-0.05, 0) is 25.2 Å². The molecule has 2 amide bonds. The Morgan fingerprint density at radius 2 is 2.00 bits per heavy atom. The molecule has 0 saturated carbocycles. The second-order valence-corrected chi connectivity index (χ2v) is 6.17. The van der Waals surface area contributed by atoms with Gasteiger partial charge in [-0.25, -0.2) is 4.79 Å². The van der Waals surface area contributed by atoms with E-state index in [1.165, 1.54) is 0 Å². The van der Waals surface area contributed by atoms with Gasteiger partial charge in [0.1, 0.15) is 0 Å². The molecule has 3 atom stereocenters. The molecule has 2 heterocycles. The van der Waals surface area contributed by atoms with E-state index in [1.807, 2.05) is 13.8 Å². The minimum Gasteiger partial charge on any atom is -0.481 e. The van der Waals surface area contributed by atoms with Crippen LogP contribution in [0.25, 0.3) is 0 Å². The molecule has 0 aromatic rings. The summed E-state index contributed by atoms with van der Waals surface area (Å²) in [5, 5.41) is 19.1. The van der Waals surface area contributed by atoms with Gasteiger partial charge in [0, 0.05) is 26.2 Å². The molecule has 2 saturated heterocycles. The first kappa shape index (κ1) is 15.1. The van der Waals surface area contributed by atoms with Crippen molar-refractivity contribution in [2.75, 3.05) is 26.2 Å². The third-order valence-corrected chi connectivity index (χ3v) is 4.89. The van der Waals surface area contributed by atoms with Crippen LogP contribution in [0.1, 0.15) is 33.1 Å². The fourth-order valence-electron chi connectivity index (χ4n) is 3.16. The molecular weight excluding hydrogens is 260 g/mol. The monoisotopic (exact) mass is 284 g/mol. The molecule has 0 radical (unpaired) electrons. The minimum atomic E-state index is -0.808. The van der Waals surface area contributed by atoms with Crippen LogP contribution in [0, 0.1) is 11.3 Å². The summed E-state index contributed by atoms with van der Waals surface area (Å²) in [5.41, 5.74) is -0.781. The molecule has 2 fully saturated rings. The zero-order valence-corrected chi connectivity index (χ0v) is 12.2. The normalized spacial score (nSPS) is 34.4. The fraction of sp³-hybridized carbons (Fsp3) is 0.857. The van der Waals surface area contributed by atoms with Crippen molar-refractivity contribution in [3.8, 4) is 0 Å². The number of piperidine rings is 1. The number of carbonyl (C=O) groups excluding carboxylic acids is 1. The van der Waals surface area contributed by atoms with Gasteiger partial charge in [-0.15, -0.1) is 0 Å². The third kappa shape index (κ3) is 2.61. The number of hydrogen-bond acceptors (Lipinski definition) is 3. The van der Waals surface area contributed by atoms with Gasteiger partial charge in [0.2, 0.25) is 0 Å². The first-order valence-electron chi connectivity index (χ1n) is 7.35. The van der Waals surface area contributed by atoms with Crippen molar-refractivity contribution in [2.24, 2.45) is 11.3 Å². The van der Waals surface area contributed by atoms with Crippen LogP contribution >= 0.6 is 0 Å². The Balaban J connectivity index is 1.99. The van der Waals surface area contributed by atoms with E-state index in [0.29, 0.717) is 45.4 Å². The fourth-order valence-corrected chi connectivity index (χ4v) is 3.16.